The van der Waals surface area contributed by atoms with Crippen molar-refractivity contribution in [1.82, 2.24) is 10.2 Å². The molecule has 1 fully saturated rings. The zero-order valence-corrected chi connectivity index (χ0v) is 14.0. The van der Waals surface area contributed by atoms with Gasteiger partial charge in [0.25, 0.3) is 0 Å². The van der Waals surface area contributed by atoms with Gasteiger partial charge in [-0.2, -0.15) is 0 Å². The van der Waals surface area contributed by atoms with E-state index in [0.717, 1.165) is 18.8 Å². The molecule has 1 aromatic rings. The lowest BCUT2D eigenvalue weighted by atomic mass is 9.81. The maximum atomic E-state index is 5.29. The third kappa shape index (κ3) is 3.09. The van der Waals surface area contributed by atoms with Crippen molar-refractivity contribution in [2.24, 2.45) is 0 Å². The molecule has 0 spiro atoms. The number of methoxy groups -OCH3 is 1. The van der Waals surface area contributed by atoms with Crippen molar-refractivity contribution in [3.8, 4) is 5.75 Å². The van der Waals surface area contributed by atoms with E-state index in [-0.39, 0.29) is 5.54 Å². The predicted molar refractivity (Wildman–Crippen MR) is 88.9 cm³/mol. The van der Waals surface area contributed by atoms with Crippen molar-refractivity contribution in [1.29, 1.82) is 0 Å². The van der Waals surface area contributed by atoms with Gasteiger partial charge in [0.1, 0.15) is 5.75 Å². The second-order valence-electron chi connectivity index (χ2n) is 5.98. The first-order valence-electron chi connectivity index (χ1n) is 8.28. The lowest BCUT2D eigenvalue weighted by molar-refractivity contribution is 0.0655. The molecule has 1 saturated carbocycles. The molecule has 1 aliphatic carbocycles. The van der Waals surface area contributed by atoms with E-state index < -0.39 is 0 Å². The summed E-state index contributed by atoms with van der Waals surface area (Å²) in [6.45, 7) is 6.80. The smallest absolute Gasteiger partial charge is 0.118 e. The lowest BCUT2D eigenvalue weighted by Gasteiger charge is -2.46. The molecule has 0 saturated heterocycles. The number of nitrogens with zero attached hydrogens (tertiary/aromatic N) is 1. The maximum Gasteiger partial charge on any atom is 0.118 e. The predicted octanol–water partition coefficient (Wildman–Crippen LogP) is 3.61. The van der Waals surface area contributed by atoms with Gasteiger partial charge in [-0.15, -0.1) is 0 Å². The van der Waals surface area contributed by atoms with Crippen LogP contribution < -0.4 is 10.1 Å². The average Bonchev–Trinajstić information content (AvgIpc) is 3.00. The molecule has 3 nitrogen and oxygen atoms in total. The lowest BCUT2D eigenvalue weighted by Crippen LogP contribution is -2.54. The highest BCUT2D eigenvalue weighted by Gasteiger charge is 2.44. The van der Waals surface area contributed by atoms with Crippen molar-refractivity contribution in [2.45, 2.75) is 51.1 Å². The molecule has 1 N–H and O–H groups in total. The number of hydrogen-bond donors (Lipinski definition) is 1. The Morgan fingerprint density at radius 3 is 2.14 bits per heavy atom. The first-order valence-corrected chi connectivity index (χ1v) is 8.28. The molecule has 118 valence electrons. The Balaban J connectivity index is 2.35. The Kier molecular flexibility index (Phi) is 5.65. The van der Waals surface area contributed by atoms with E-state index in [0.29, 0.717) is 6.04 Å². The van der Waals surface area contributed by atoms with Crippen LogP contribution in [-0.2, 0) is 0 Å². The molecule has 3 heteroatoms. The van der Waals surface area contributed by atoms with Crippen LogP contribution >= 0.6 is 0 Å². The standard InChI is InChI=1S/C18H30N2O/c1-5-20(6-2)18(13-7-8-14-18)17(19-3)15-9-11-16(21-4)12-10-15/h9-12,17,19H,5-8,13-14H2,1-4H3. The summed E-state index contributed by atoms with van der Waals surface area (Å²) in [5.41, 5.74) is 1.62. The first kappa shape index (κ1) is 16.3. The van der Waals surface area contributed by atoms with Crippen LogP contribution in [0, 0.1) is 0 Å². The van der Waals surface area contributed by atoms with Gasteiger partial charge in [0.15, 0.2) is 0 Å². The van der Waals surface area contributed by atoms with Gasteiger partial charge in [0, 0.05) is 5.54 Å². The van der Waals surface area contributed by atoms with Crippen LogP contribution in [0.15, 0.2) is 24.3 Å². The average molecular weight is 290 g/mol. The van der Waals surface area contributed by atoms with Crippen molar-refractivity contribution in [3.05, 3.63) is 29.8 Å². The Hall–Kier alpha value is -1.06. The summed E-state index contributed by atoms with van der Waals surface area (Å²) in [7, 11) is 3.82. The van der Waals surface area contributed by atoms with E-state index in [1.54, 1.807) is 7.11 Å². The number of benzene rings is 1. The summed E-state index contributed by atoms with van der Waals surface area (Å²) >= 11 is 0. The highest BCUT2D eigenvalue weighted by Crippen LogP contribution is 2.44. The van der Waals surface area contributed by atoms with Crippen LogP contribution in [0.2, 0.25) is 0 Å². The van der Waals surface area contributed by atoms with Gasteiger partial charge < -0.3 is 10.1 Å². The first-order chi connectivity index (χ1) is 10.2. The molecular formula is C18H30N2O. The summed E-state index contributed by atoms with van der Waals surface area (Å²) in [4.78, 5) is 2.66. The molecule has 0 amide bonds. The summed E-state index contributed by atoms with van der Waals surface area (Å²) in [5.74, 6) is 0.928. The highest BCUT2D eigenvalue weighted by molar-refractivity contribution is 5.31. The summed E-state index contributed by atoms with van der Waals surface area (Å²) in [6.07, 6.45) is 5.24. The van der Waals surface area contributed by atoms with Crippen LogP contribution in [0.4, 0.5) is 0 Å². The zero-order valence-electron chi connectivity index (χ0n) is 14.0. The fourth-order valence-corrected chi connectivity index (χ4v) is 4.17. The molecule has 0 radical (unpaired) electrons. The molecule has 1 aromatic carbocycles. The van der Waals surface area contributed by atoms with Crippen molar-refractivity contribution >= 4 is 0 Å². The van der Waals surface area contributed by atoms with E-state index in [1.807, 2.05) is 0 Å². The topological polar surface area (TPSA) is 24.5 Å². The van der Waals surface area contributed by atoms with Gasteiger partial charge in [-0.25, -0.2) is 0 Å². The van der Waals surface area contributed by atoms with Gasteiger partial charge in [-0.05, 0) is 50.7 Å². The normalized spacial score (nSPS) is 18.9. The Morgan fingerprint density at radius 1 is 1.14 bits per heavy atom. The number of hydrogen-bond acceptors (Lipinski definition) is 3. The van der Waals surface area contributed by atoms with Gasteiger partial charge >= 0.3 is 0 Å². The van der Waals surface area contributed by atoms with Gasteiger partial charge in [0.05, 0.1) is 13.2 Å². The Labute approximate surface area is 129 Å². The number of nitrogens with one attached hydrogen (secondary N) is 1. The van der Waals surface area contributed by atoms with Gasteiger partial charge in [-0.1, -0.05) is 38.8 Å². The molecule has 1 unspecified atom stereocenters. The maximum absolute atomic E-state index is 5.29. The van der Waals surface area contributed by atoms with E-state index >= 15 is 0 Å². The SMILES string of the molecule is CCN(CC)C1(C(NC)c2ccc(OC)cc2)CCCC1. The molecule has 0 heterocycles. The van der Waals surface area contributed by atoms with Crippen LogP contribution in [0.1, 0.15) is 51.1 Å². The number of rotatable bonds is 7. The molecule has 0 aromatic heterocycles. The molecule has 2 rings (SSSR count). The second-order valence-corrected chi connectivity index (χ2v) is 5.98. The molecule has 21 heavy (non-hydrogen) atoms. The molecule has 0 aliphatic heterocycles. The highest BCUT2D eigenvalue weighted by atomic mass is 16.5. The zero-order chi connectivity index (χ0) is 15.3. The number of likely N-dealkylation sites (N-methyl/N-ethyl adjacent to an activating group) is 2. The van der Waals surface area contributed by atoms with Gasteiger partial charge in [0.2, 0.25) is 0 Å². The fourth-order valence-electron chi connectivity index (χ4n) is 4.17. The van der Waals surface area contributed by atoms with Crippen LogP contribution in [-0.4, -0.2) is 37.7 Å². The van der Waals surface area contributed by atoms with E-state index in [1.165, 1.54) is 31.2 Å². The van der Waals surface area contributed by atoms with Crippen LogP contribution in [0.3, 0.4) is 0 Å². The minimum Gasteiger partial charge on any atom is -0.497 e. The van der Waals surface area contributed by atoms with Crippen molar-refractivity contribution in [2.75, 3.05) is 27.2 Å². The monoisotopic (exact) mass is 290 g/mol. The third-order valence-corrected chi connectivity index (χ3v) is 5.14. The summed E-state index contributed by atoms with van der Waals surface area (Å²) in [6, 6.07) is 8.95. The molecule has 1 aliphatic rings. The Bertz CT molecular complexity index is 419. The summed E-state index contributed by atoms with van der Waals surface area (Å²) < 4.78 is 5.29. The Morgan fingerprint density at radius 2 is 1.71 bits per heavy atom. The van der Waals surface area contributed by atoms with Crippen molar-refractivity contribution < 1.29 is 4.74 Å². The van der Waals surface area contributed by atoms with Crippen LogP contribution in [0.25, 0.3) is 0 Å². The molecule has 1 atom stereocenters. The number of ether oxygens (including phenoxy) is 1. The van der Waals surface area contributed by atoms with E-state index in [2.05, 4.69) is 55.4 Å². The van der Waals surface area contributed by atoms with Crippen molar-refractivity contribution in [3.63, 3.8) is 0 Å². The molecule has 0 bridgehead atoms. The van der Waals surface area contributed by atoms with E-state index in [9.17, 15) is 0 Å². The third-order valence-electron chi connectivity index (χ3n) is 5.14. The summed E-state index contributed by atoms with van der Waals surface area (Å²) in [5, 5.41) is 3.61. The second kappa shape index (κ2) is 7.28. The quantitative estimate of drug-likeness (QED) is 0.830. The minimum atomic E-state index is 0.257. The fraction of sp³-hybridized carbons (Fsp3) is 0.667. The van der Waals surface area contributed by atoms with E-state index in [4.69, 9.17) is 4.74 Å². The largest absolute Gasteiger partial charge is 0.497 e. The van der Waals surface area contributed by atoms with Crippen LogP contribution in [0.5, 0.6) is 5.75 Å². The van der Waals surface area contributed by atoms with Gasteiger partial charge in [-0.3, -0.25) is 4.90 Å². The minimum absolute atomic E-state index is 0.257. The molecular weight excluding hydrogens is 260 g/mol.